The van der Waals surface area contributed by atoms with Crippen LogP contribution >= 0.6 is 11.6 Å². The van der Waals surface area contributed by atoms with Crippen molar-refractivity contribution in [2.75, 3.05) is 20.6 Å². The largest absolute Gasteiger partial charge is 0.388 e. The van der Waals surface area contributed by atoms with Crippen molar-refractivity contribution >= 4 is 17.5 Å². The molecule has 0 spiro atoms. The Morgan fingerprint density at radius 3 is 2.52 bits per heavy atom. The average molecular weight is 311 g/mol. The predicted octanol–water partition coefficient (Wildman–Crippen LogP) is 2.22. The molecule has 1 saturated carbocycles. The lowest BCUT2D eigenvalue weighted by molar-refractivity contribution is -0.123. The quantitative estimate of drug-likeness (QED) is 0.812. The number of aliphatic hydroxyl groups excluding tert-OH is 1. The highest BCUT2D eigenvalue weighted by molar-refractivity contribution is 6.30. The lowest BCUT2D eigenvalue weighted by atomic mass is 10.1. The molecular formula is C16H23ClN2O2. The first kappa shape index (κ1) is 16.3. The van der Waals surface area contributed by atoms with Gasteiger partial charge in [-0.15, -0.1) is 0 Å². The van der Waals surface area contributed by atoms with Crippen LogP contribution in [0.15, 0.2) is 24.3 Å². The van der Waals surface area contributed by atoms with Crippen LogP contribution in [0.4, 0.5) is 0 Å². The van der Waals surface area contributed by atoms with Crippen molar-refractivity contribution in [2.45, 2.75) is 31.4 Å². The van der Waals surface area contributed by atoms with E-state index in [2.05, 4.69) is 10.2 Å². The van der Waals surface area contributed by atoms with Gasteiger partial charge in [0.05, 0.1) is 12.5 Å². The molecule has 2 atom stereocenters. The van der Waals surface area contributed by atoms with Gasteiger partial charge in [-0.1, -0.05) is 23.7 Å². The topological polar surface area (TPSA) is 52.6 Å². The van der Waals surface area contributed by atoms with Crippen LogP contribution in [0.3, 0.4) is 0 Å². The molecule has 5 heteroatoms. The normalized spacial score (nSPS) is 17.6. The fourth-order valence-corrected chi connectivity index (χ4v) is 2.65. The summed E-state index contributed by atoms with van der Waals surface area (Å²) < 4.78 is 0. The molecule has 2 rings (SSSR count). The maximum atomic E-state index is 11.9. The first-order valence-electron chi connectivity index (χ1n) is 7.34. The zero-order valence-electron chi connectivity index (χ0n) is 12.6. The van der Waals surface area contributed by atoms with Crippen LogP contribution in [-0.4, -0.2) is 42.6 Å². The third-order valence-corrected chi connectivity index (χ3v) is 4.22. The smallest absolute Gasteiger partial charge is 0.223 e. The van der Waals surface area contributed by atoms with E-state index in [-0.39, 0.29) is 12.3 Å². The van der Waals surface area contributed by atoms with E-state index in [1.807, 2.05) is 14.1 Å². The second-order valence-corrected chi connectivity index (χ2v) is 6.38. The van der Waals surface area contributed by atoms with Gasteiger partial charge in [0, 0.05) is 17.6 Å². The molecule has 0 bridgehead atoms. The van der Waals surface area contributed by atoms with Crippen LogP contribution in [0.2, 0.25) is 5.02 Å². The highest BCUT2D eigenvalue weighted by Gasteiger charge is 2.32. The lowest BCUT2D eigenvalue weighted by Gasteiger charge is -2.24. The van der Waals surface area contributed by atoms with Crippen LogP contribution in [-0.2, 0) is 4.79 Å². The molecule has 1 aliphatic carbocycles. The van der Waals surface area contributed by atoms with Gasteiger partial charge in [0.2, 0.25) is 5.91 Å². The molecule has 1 fully saturated rings. The van der Waals surface area contributed by atoms with Gasteiger partial charge in [0.25, 0.3) is 0 Å². The van der Waals surface area contributed by atoms with Gasteiger partial charge in [-0.25, -0.2) is 0 Å². The van der Waals surface area contributed by atoms with Crippen molar-refractivity contribution in [2.24, 2.45) is 5.92 Å². The number of hydrogen-bond donors (Lipinski definition) is 2. The molecule has 1 amide bonds. The second kappa shape index (κ2) is 7.25. The molecular weight excluding hydrogens is 288 g/mol. The molecule has 2 N–H and O–H groups in total. The molecule has 2 unspecified atom stereocenters. The molecule has 1 aromatic rings. The molecule has 116 valence electrons. The molecule has 21 heavy (non-hydrogen) atoms. The second-order valence-electron chi connectivity index (χ2n) is 5.94. The van der Waals surface area contributed by atoms with E-state index in [4.69, 9.17) is 11.6 Å². The number of nitrogens with zero attached hydrogens (tertiary/aromatic N) is 1. The number of amides is 1. The SMILES string of the molecule is CN(C)C(CNC(=O)CC(O)c1ccc(Cl)cc1)C1CC1. The van der Waals surface area contributed by atoms with Crippen LogP contribution in [0, 0.1) is 5.92 Å². The third-order valence-electron chi connectivity index (χ3n) is 3.97. The molecule has 0 aromatic heterocycles. The summed E-state index contributed by atoms with van der Waals surface area (Å²) in [7, 11) is 4.08. The first-order chi connectivity index (χ1) is 9.97. The Balaban J connectivity index is 1.79. The van der Waals surface area contributed by atoms with Gasteiger partial charge >= 0.3 is 0 Å². The maximum Gasteiger partial charge on any atom is 0.223 e. The number of nitrogens with one attached hydrogen (secondary N) is 1. The molecule has 1 aromatic carbocycles. The highest BCUT2D eigenvalue weighted by Crippen LogP contribution is 2.34. The van der Waals surface area contributed by atoms with Gasteiger partial charge in [0.1, 0.15) is 0 Å². The van der Waals surface area contributed by atoms with Gasteiger partial charge in [-0.2, -0.15) is 0 Å². The number of carbonyl (C=O) groups is 1. The summed E-state index contributed by atoms with van der Waals surface area (Å²) in [5, 5.41) is 13.6. The number of benzene rings is 1. The lowest BCUT2D eigenvalue weighted by Crippen LogP contribution is -2.41. The zero-order valence-corrected chi connectivity index (χ0v) is 13.3. The Morgan fingerprint density at radius 2 is 2.00 bits per heavy atom. The summed E-state index contributed by atoms with van der Waals surface area (Å²) in [5.74, 6) is 0.575. The summed E-state index contributed by atoms with van der Waals surface area (Å²) in [4.78, 5) is 14.1. The fraction of sp³-hybridized carbons (Fsp3) is 0.562. The molecule has 0 radical (unpaired) electrons. The number of halogens is 1. The van der Waals surface area contributed by atoms with E-state index in [1.54, 1.807) is 24.3 Å². The van der Waals surface area contributed by atoms with E-state index >= 15 is 0 Å². The van der Waals surface area contributed by atoms with E-state index in [1.165, 1.54) is 12.8 Å². The van der Waals surface area contributed by atoms with Gasteiger partial charge in [0.15, 0.2) is 0 Å². The highest BCUT2D eigenvalue weighted by atomic mass is 35.5. The minimum absolute atomic E-state index is 0.0758. The van der Waals surface area contributed by atoms with Crippen molar-refractivity contribution in [3.8, 4) is 0 Å². The van der Waals surface area contributed by atoms with Crippen LogP contribution in [0.5, 0.6) is 0 Å². The van der Waals surface area contributed by atoms with Crippen LogP contribution in [0.25, 0.3) is 0 Å². The fourth-order valence-electron chi connectivity index (χ4n) is 2.52. The van der Waals surface area contributed by atoms with Gasteiger partial charge in [-0.3, -0.25) is 4.79 Å². The van der Waals surface area contributed by atoms with E-state index < -0.39 is 6.10 Å². The third kappa shape index (κ3) is 4.99. The van der Waals surface area contributed by atoms with E-state index in [0.717, 1.165) is 0 Å². The predicted molar refractivity (Wildman–Crippen MR) is 84.2 cm³/mol. The number of carbonyl (C=O) groups excluding carboxylic acids is 1. The summed E-state index contributed by atoms with van der Waals surface area (Å²) >= 11 is 5.81. The minimum Gasteiger partial charge on any atom is -0.388 e. The van der Waals surface area contributed by atoms with Crippen molar-refractivity contribution in [1.82, 2.24) is 10.2 Å². The maximum absolute atomic E-state index is 11.9. The summed E-state index contributed by atoms with van der Waals surface area (Å²) in [6, 6.07) is 7.31. The monoisotopic (exact) mass is 310 g/mol. The first-order valence-corrected chi connectivity index (χ1v) is 7.72. The van der Waals surface area contributed by atoms with Crippen molar-refractivity contribution in [1.29, 1.82) is 0 Å². The summed E-state index contributed by atoms with van der Waals surface area (Å²) in [6.45, 7) is 0.643. The Morgan fingerprint density at radius 1 is 1.38 bits per heavy atom. The molecule has 0 heterocycles. The van der Waals surface area contributed by atoms with Gasteiger partial charge < -0.3 is 15.3 Å². The Bertz CT molecular complexity index is 470. The zero-order chi connectivity index (χ0) is 15.4. The number of hydrogen-bond acceptors (Lipinski definition) is 3. The Kier molecular flexibility index (Phi) is 5.62. The van der Waals surface area contributed by atoms with Gasteiger partial charge in [-0.05, 0) is 50.6 Å². The van der Waals surface area contributed by atoms with Crippen molar-refractivity contribution < 1.29 is 9.90 Å². The molecule has 0 saturated heterocycles. The van der Waals surface area contributed by atoms with Crippen molar-refractivity contribution in [3.05, 3.63) is 34.9 Å². The van der Waals surface area contributed by atoms with E-state index in [9.17, 15) is 9.90 Å². The van der Waals surface area contributed by atoms with E-state index in [0.29, 0.717) is 29.1 Å². The van der Waals surface area contributed by atoms with Crippen LogP contribution < -0.4 is 5.32 Å². The summed E-state index contributed by atoms with van der Waals surface area (Å²) in [6.07, 6.45) is 1.77. The molecule has 1 aliphatic rings. The number of aliphatic hydroxyl groups is 1. The number of rotatable bonds is 7. The molecule has 0 aliphatic heterocycles. The average Bonchev–Trinajstić information content (AvgIpc) is 3.23. The Hall–Kier alpha value is -1.10. The Labute approximate surface area is 131 Å². The summed E-state index contributed by atoms with van der Waals surface area (Å²) in [5.41, 5.74) is 0.709. The molecule has 4 nitrogen and oxygen atoms in total. The van der Waals surface area contributed by atoms with Crippen LogP contribution in [0.1, 0.15) is 30.9 Å². The van der Waals surface area contributed by atoms with Crippen molar-refractivity contribution in [3.63, 3.8) is 0 Å². The number of likely N-dealkylation sites (N-methyl/N-ethyl adjacent to an activating group) is 1. The minimum atomic E-state index is -0.791. The standard InChI is InChI=1S/C16H23ClN2O2/c1-19(2)14(11-3-4-11)10-18-16(21)9-15(20)12-5-7-13(17)8-6-12/h5-8,11,14-15,20H,3-4,9-10H2,1-2H3,(H,18,21).